The van der Waals surface area contributed by atoms with Gasteiger partial charge in [0, 0.05) is 11.6 Å². The molecular weight excluding hydrogens is 136 g/mol. The molecule has 0 aromatic rings. The number of nitrogens with two attached hydrogens (primary N) is 1. The summed E-state index contributed by atoms with van der Waals surface area (Å²) in [7, 11) is 4.25. The van der Waals surface area contributed by atoms with Crippen molar-refractivity contribution in [2.24, 2.45) is 11.7 Å². The molecule has 2 nitrogen and oxygen atoms in total. The Hall–Kier alpha value is -0.0800. The van der Waals surface area contributed by atoms with Crippen molar-refractivity contribution in [3.63, 3.8) is 0 Å². The summed E-state index contributed by atoms with van der Waals surface area (Å²) in [6.45, 7) is 4.50. The van der Waals surface area contributed by atoms with Crippen molar-refractivity contribution in [2.75, 3.05) is 14.1 Å². The van der Waals surface area contributed by atoms with Gasteiger partial charge >= 0.3 is 0 Å². The Balaban J connectivity index is 2.60. The van der Waals surface area contributed by atoms with Crippen LogP contribution in [0, 0.1) is 5.92 Å². The normalized spacial score (nSPS) is 24.3. The maximum Gasteiger partial charge on any atom is 0.0315 e. The molecule has 1 rings (SSSR count). The van der Waals surface area contributed by atoms with Crippen molar-refractivity contribution < 1.29 is 0 Å². The van der Waals surface area contributed by atoms with Crippen LogP contribution in [-0.4, -0.2) is 30.6 Å². The monoisotopic (exact) mass is 156 g/mol. The zero-order chi connectivity index (χ0) is 8.65. The molecule has 0 amide bonds. The van der Waals surface area contributed by atoms with Gasteiger partial charge in [-0.05, 0) is 32.9 Å². The van der Waals surface area contributed by atoms with Crippen LogP contribution in [0.3, 0.4) is 0 Å². The number of nitrogens with zero attached hydrogens (tertiary/aromatic N) is 1. The Morgan fingerprint density at radius 3 is 1.82 bits per heavy atom. The zero-order valence-corrected chi connectivity index (χ0v) is 8.09. The molecule has 0 bridgehead atoms. The maximum absolute atomic E-state index is 6.15. The SMILES string of the molecule is CC(C)C(N(C)C)C1(N)CC1. The maximum atomic E-state index is 6.15. The first kappa shape index (κ1) is 9.01. The fraction of sp³-hybridized carbons (Fsp3) is 1.00. The Bertz CT molecular complexity index is 128. The van der Waals surface area contributed by atoms with E-state index in [1.807, 2.05) is 0 Å². The van der Waals surface area contributed by atoms with Crippen molar-refractivity contribution in [1.82, 2.24) is 4.90 Å². The Kier molecular flexibility index (Phi) is 2.26. The highest BCUT2D eigenvalue weighted by molar-refractivity contribution is 5.08. The molecule has 1 atom stereocenters. The summed E-state index contributed by atoms with van der Waals surface area (Å²) in [6, 6.07) is 0.558. The van der Waals surface area contributed by atoms with E-state index in [1.54, 1.807) is 0 Å². The molecule has 0 radical (unpaired) electrons. The van der Waals surface area contributed by atoms with E-state index in [1.165, 1.54) is 12.8 Å². The lowest BCUT2D eigenvalue weighted by molar-refractivity contribution is 0.186. The minimum Gasteiger partial charge on any atom is -0.324 e. The third kappa shape index (κ3) is 1.74. The van der Waals surface area contributed by atoms with Crippen LogP contribution in [0.1, 0.15) is 26.7 Å². The van der Waals surface area contributed by atoms with Crippen LogP contribution in [-0.2, 0) is 0 Å². The van der Waals surface area contributed by atoms with E-state index >= 15 is 0 Å². The molecule has 1 saturated carbocycles. The van der Waals surface area contributed by atoms with Gasteiger partial charge in [-0.3, -0.25) is 0 Å². The summed E-state index contributed by atoms with van der Waals surface area (Å²) < 4.78 is 0. The number of hydrogen-bond acceptors (Lipinski definition) is 2. The second kappa shape index (κ2) is 2.76. The van der Waals surface area contributed by atoms with E-state index in [9.17, 15) is 0 Å². The van der Waals surface area contributed by atoms with Gasteiger partial charge in [-0.15, -0.1) is 0 Å². The van der Waals surface area contributed by atoms with Crippen molar-refractivity contribution in [1.29, 1.82) is 0 Å². The number of hydrogen-bond donors (Lipinski definition) is 1. The Morgan fingerprint density at radius 2 is 1.73 bits per heavy atom. The molecule has 0 heterocycles. The van der Waals surface area contributed by atoms with Crippen LogP contribution in [0.4, 0.5) is 0 Å². The quantitative estimate of drug-likeness (QED) is 0.662. The van der Waals surface area contributed by atoms with Crippen LogP contribution in [0.15, 0.2) is 0 Å². The minimum absolute atomic E-state index is 0.137. The van der Waals surface area contributed by atoms with Gasteiger partial charge in [-0.2, -0.15) is 0 Å². The van der Waals surface area contributed by atoms with Crippen LogP contribution in [0.25, 0.3) is 0 Å². The molecule has 1 fully saturated rings. The van der Waals surface area contributed by atoms with Gasteiger partial charge < -0.3 is 10.6 Å². The summed E-state index contributed by atoms with van der Waals surface area (Å²) in [5, 5.41) is 0. The van der Waals surface area contributed by atoms with Gasteiger partial charge in [0.25, 0.3) is 0 Å². The molecule has 1 aliphatic rings. The molecule has 0 saturated heterocycles. The van der Waals surface area contributed by atoms with Crippen LogP contribution >= 0.6 is 0 Å². The van der Waals surface area contributed by atoms with Gasteiger partial charge in [0.05, 0.1) is 0 Å². The van der Waals surface area contributed by atoms with Crippen LogP contribution < -0.4 is 5.73 Å². The first-order chi connectivity index (χ1) is 4.97. The molecular formula is C9H20N2. The smallest absolute Gasteiger partial charge is 0.0315 e. The molecule has 0 aromatic carbocycles. The van der Waals surface area contributed by atoms with Gasteiger partial charge in [0.1, 0.15) is 0 Å². The van der Waals surface area contributed by atoms with E-state index in [2.05, 4.69) is 32.8 Å². The van der Waals surface area contributed by atoms with Crippen molar-refractivity contribution in [2.45, 2.75) is 38.3 Å². The Morgan fingerprint density at radius 1 is 1.27 bits per heavy atom. The predicted molar refractivity (Wildman–Crippen MR) is 48.5 cm³/mol. The fourth-order valence-corrected chi connectivity index (χ4v) is 2.21. The lowest BCUT2D eigenvalue weighted by atomic mass is 9.94. The summed E-state index contributed by atoms with van der Waals surface area (Å²) >= 11 is 0. The Labute approximate surface area is 69.8 Å². The third-order valence-electron chi connectivity index (χ3n) is 2.60. The summed E-state index contributed by atoms with van der Waals surface area (Å²) in [5.41, 5.74) is 6.29. The molecule has 0 aliphatic heterocycles. The molecule has 1 unspecified atom stereocenters. The molecule has 66 valence electrons. The number of likely N-dealkylation sites (N-methyl/N-ethyl adjacent to an activating group) is 1. The van der Waals surface area contributed by atoms with Gasteiger partial charge in [-0.25, -0.2) is 0 Å². The van der Waals surface area contributed by atoms with Gasteiger partial charge in [0.15, 0.2) is 0 Å². The molecule has 2 heteroatoms. The first-order valence-electron chi connectivity index (χ1n) is 4.43. The van der Waals surface area contributed by atoms with Crippen molar-refractivity contribution in [3.8, 4) is 0 Å². The zero-order valence-electron chi connectivity index (χ0n) is 8.09. The summed E-state index contributed by atoms with van der Waals surface area (Å²) in [4.78, 5) is 2.26. The molecule has 0 spiro atoms. The average Bonchev–Trinajstić information content (AvgIpc) is 2.44. The van der Waals surface area contributed by atoms with E-state index in [0.29, 0.717) is 12.0 Å². The lowest BCUT2D eigenvalue weighted by Gasteiger charge is -2.33. The van der Waals surface area contributed by atoms with E-state index < -0.39 is 0 Å². The van der Waals surface area contributed by atoms with Gasteiger partial charge in [-0.1, -0.05) is 13.8 Å². The lowest BCUT2D eigenvalue weighted by Crippen LogP contribution is -2.49. The van der Waals surface area contributed by atoms with Crippen LogP contribution in [0.5, 0.6) is 0 Å². The second-order valence-electron chi connectivity index (χ2n) is 4.39. The molecule has 0 aromatic heterocycles. The van der Waals surface area contributed by atoms with Crippen molar-refractivity contribution in [3.05, 3.63) is 0 Å². The highest BCUT2D eigenvalue weighted by Crippen LogP contribution is 2.40. The number of rotatable bonds is 3. The van der Waals surface area contributed by atoms with Crippen molar-refractivity contribution >= 4 is 0 Å². The van der Waals surface area contributed by atoms with Crippen LogP contribution in [0.2, 0.25) is 0 Å². The summed E-state index contributed by atoms with van der Waals surface area (Å²) in [6.07, 6.45) is 2.40. The average molecular weight is 156 g/mol. The molecule has 1 aliphatic carbocycles. The second-order valence-corrected chi connectivity index (χ2v) is 4.39. The third-order valence-corrected chi connectivity index (χ3v) is 2.60. The standard InChI is InChI=1S/C9H20N2/c1-7(2)8(11(3)4)9(10)5-6-9/h7-8H,5-6,10H2,1-4H3. The first-order valence-corrected chi connectivity index (χ1v) is 4.43. The largest absolute Gasteiger partial charge is 0.324 e. The van der Waals surface area contributed by atoms with E-state index in [0.717, 1.165) is 0 Å². The topological polar surface area (TPSA) is 29.3 Å². The molecule has 2 N–H and O–H groups in total. The predicted octanol–water partition coefficient (Wildman–Crippen LogP) is 1.06. The van der Waals surface area contributed by atoms with E-state index in [-0.39, 0.29) is 5.54 Å². The summed E-state index contributed by atoms with van der Waals surface area (Å²) in [5.74, 6) is 0.664. The molecule has 11 heavy (non-hydrogen) atoms. The minimum atomic E-state index is 0.137. The fourth-order valence-electron chi connectivity index (χ4n) is 2.21. The van der Waals surface area contributed by atoms with Gasteiger partial charge in [0.2, 0.25) is 0 Å². The highest BCUT2D eigenvalue weighted by atomic mass is 15.2. The van der Waals surface area contributed by atoms with E-state index in [4.69, 9.17) is 5.73 Å². The highest BCUT2D eigenvalue weighted by Gasteiger charge is 2.47.